The van der Waals surface area contributed by atoms with E-state index >= 15 is 0 Å². The normalized spacial score (nSPS) is 11.2. The lowest BCUT2D eigenvalue weighted by atomic mass is 10.1. The maximum atomic E-state index is 6.26. The number of ether oxygens (including phenoxy) is 3. The van der Waals surface area contributed by atoms with Gasteiger partial charge < -0.3 is 25.7 Å². The molecule has 0 aliphatic heterocycles. The number of aromatic nitrogens is 5. The Morgan fingerprint density at radius 2 is 1.89 bits per heavy atom. The van der Waals surface area contributed by atoms with Crippen molar-refractivity contribution >= 4 is 39.7 Å². The van der Waals surface area contributed by atoms with E-state index in [4.69, 9.17) is 42.3 Å². The number of pyridine rings is 1. The molecule has 2 aromatic carbocycles. The monoisotopic (exact) mass is 491 g/mol. The van der Waals surface area contributed by atoms with E-state index in [0.717, 1.165) is 5.56 Å². The Labute approximate surface area is 205 Å². The minimum absolute atomic E-state index is 0.294. The maximum absolute atomic E-state index is 6.26. The third-order valence-corrected chi connectivity index (χ3v) is 5.56. The number of alkyl halides is 1. The quantitative estimate of drug-likeness (QED) is 0.253. The first-order valence-electron chi connectivity index (χ1n) is 10.7. The minimum Gasteiger partial charge on any atom is -0.496 e. The number of fused-ring (bicyclic) bond motifs is 2. The molecule has 0 bridgehead atoms. The van der Waals surface area contributed by atoms with E-state index in [1.54, 1.807) is 42.1 Å². The van der Waals surface area contributed by atoms with Gasteiger partial charge in [0.05, 0.1) is 29.8 Å². The van der Waals surface area contributed by atoms with Gasteiger partial charge in [-0.1, -0.05) is 0 Å². The maximum Gasteiger partial charge on any atom is 0.165 e. The Hall–Kier alpha value is -4.31. The zero-order chi connectivity index (χ0) is 24.5. The van der Waals surface area contributed by atoms with Crippen molar-refractivity contribution in [2.75, 3.05) is 31.1 Å². The smallest absolute Gasteiger partial charge is 0.165 e. The fourth-order valence-electron chi connectivity index (χ4n) is 3.70. The number of methoxy groups -OCH3 is 1. The molecule has 35 heavy (non-hydrogen) atoms. The van der Waals surface area contributed by atoms with E-state index in [0.29, 0.717) is 74.9 Å². The van der Waals surface area contributed by atoms with Crippen LogP contribution in [0.1, 0.15) is 5.56 Å². The summed E-state index contributed by atoms with van der Waals surface area (Å²) in [6.07, 6.45) is 3.26. The van der Waals surface area contributed by atoms with Crippen molar-refractivity contribution in [1.82, 2.24) is 24.6 Å². The summed E-state index contributed by atoms with van der Waals surface area (Å²) in [7, 11) is 1.57. The van der Waals surface area contributed by atoms with Crippen molar-refractivity contribution in [2.24, 2.45) is 0 Å². The lowest BCUT2D eigenvalue weighted by Crippen LogP contribution is -2.04. The van der Waals surface area contributed by atoms with Gasteiger partial charge in [-0.15, -0.1) is 11.6 Å². The molecule has 0 spiro atoms. The van der Waals surface area contributed by atoms with Crippen LogP contribution in [-0.4, -0.2) is 44.2 Å². The fourth-order valence-corrected chi connectivity index (χ4v) is 3.78. The Morgan fingerprint density at radius 3 is 2.69 bits per heavy atom. The summed E-state index contributed by atoms with van der Waals surface area (Å²) in [5.74, 6) is 3.29. The Bertz CT molecular complexity index is 1550. The molecule has 10 nitrogen and oxygen atoms in total. The van der Waals surface area contributed by atoms with Crippen LogP contribution in [-0.2, 0) is 0 Å². The average molecular weight is 492 g/mol. The van der Waals surface area contributed by atoms with Gasteiger partial charge >= 0.3 is 0 Å². The molecule has 5 rings (SSSR count). The molecule has 4 N–H and O–H groups in total. The molecule has 0 atom stereocenters. The predicted molar refractivity (Wildman–Crippen MR) is 134 cm³/mol. The Kier molecular flexibility index (Phi) is 5.87. The van der Waals surface area contributed by atoms with Gasteiger partial charge in [-0.05, 0) is 30.7 Å². The van der Waals surface area contributed by atoms with Crippen LogP contribution in [0, 0.1) is 6.92 Å². The standard InChI is InChI=1S/C24H22ClN7O3/c1-13-7-16(20(33-2)11-19(13)35-14-3-5-32-22(8-14)28-12-29-32)24-30-18-10-21(34-6-4-25)17(26)9-15(18)23(27)31-24/h3,5,7-12H,4,6,26H2,1-2H3,(H2,27,30,31). The van der Waals surface area contributed by atoms with E-state index in [-0.39, 0.29) is 0 Å². The van der Waals surface area contributed by atoms with Gasteiger partial charge in [-0.3, -0.25) is 0 Å². The van der Waals surface area contributed by atoms with Gasteiger partial charge in [0.25, 0.3) is 0 Å². The highest BCUT2D eigenvalue weighted by Gasteiger charge is 2.17. The number of nitrogen functional groups attached to an aromatic ring is 2. The van der Waals surface area contributed by atoms with Crippen molar-refractivity contribution in [2.45, 2.75) is 6.92 Å². The topological polar surface area (TPSA) is 136 Å². The van der Waals surface area contributed by atoms with Crippen LogP contribution in [0.2, 0.25) is 0 Å². The number of nitrogens with two attached hydrogens (primary N) is 2. The molecule has 3 aromatic heterocycles. The van der Waals surface area contributed by atoms with E-state index in [1.165, 1.54) is 6.33 Å². The molecular formula is C24H22ClN7O3. The molecule has 0 fully saturated rings. The molecular weight excluding hydrogens is 470 g/mol. The number of rotatable bonds is 7. The molecule has 0 amide bonds. The molecule has 0 aliphatic rings. The fraction of sp³-hybridized carbons (Fsp3) is 0.167. The first-order valence-corrected chi connectivity index (χ1v) is 11.2. The SMILES string of the molecule is COc1cc(Oc2ccn3ncnc3c2)c(C)cc1-c1nc(N)c2cc(N)c(OCCCl)cc2n1. The first-order chi connectivity index (χ1) is 17.0. The number of nitrogens with zero attached hydrogens (tertiary/aromatic N) is 5. The number of halogens is 1. The molecule has 0 saturated carbocycles. The molecule has 0 unspecified atom stereocenters. The van der Waals surface area contributed by atoms with Gasteiger partial charge in [0.2, 0.25) is 0 Å². The lowest BCUT2D eigenvalue weighted by Gasteiger charge is -2.15. The van der Waals surface area contributed by atoms with Crippen LogP contribution < -0.4 is 25.7 Å². The molecule has 0 aliphatic carbocycles. The predicted octanol–water partition coefficient (Wildman–Crippen LogP) is 4.23. The summed E-state index contributed by atoms with van der Waals surface area (Å²) in [6.45, 7) is 2.25. The molecule has 0 radical (unpaired) electrons. The summed E-state index contributed by atoms with van der Waals surface area (Å²) in [5.41, 5.74) is 15.6. The van der Waals surface area contributed by atoms with Crippen LogP contribution in [0.5, 0.6) is 23.0 Å². The van der Waals surface area contributed by atoms with Crippen LogP contribution in [0.3, 0.4) is 0 Å². The highest BCUT2D eigenvalue weighted by Crippen LogP contribution is 2.38. The highest BCUT2D eigenvalue weighted by atomic mass is 35.5. The van der Waals surface area contributed by atoms with Crippen molar-refractivity contribution in [3.63, 3.8) is 0 Å². The summed E-state index contributed by atoms with van der Waals surface area (Å²) in [6, 6.07) is 10.7. The van der Waals surface area contributed by atoms with Crippen molar-refractivity contribution < 1.29 is 14.2 Å². The van der Waals surface area contributed by atoms with Crippen LogP contribution >= 0.6 is 11.6 Å². The van der Waals surface area contributed by atoms with Gasteiger partial charge in [-0.25, -0.2) is 19.5 Å². The number of aryl methyl sites for hydroxylation is 1. The summed E-state index contributed by atoms with van der Waals surface area (Å²) in [4.78, 5) is 13.4. The molecule has 0 saturated heterocycles. The summed E-state index contributed by atoms with van der Waals surface area (Å²) >= 11 is 5.74. The average Bonchev–Trinajstić information content (AvgIpc) is 3.32. The van der Waals surface area contributed by atoms with E-state index < -0.39 is 0 Å². The third-order valence-electron chi connectivity index (χ3n) is 5.41. The van der Waals surface area contributed by atoms with Gasteiger partial charge in [0.1, 0.15) is 41.8 Å². The second-order valence-corrected chi connectivity index (χ2v) is 8.10. The second-order valence-electron chi connectivity index (χ2n) is 7.72. The minimum atomic E-state index is 0.294. The number of anilines is 2. The molecule has 178 valence electrons. The van der Waals surface area contributed by atoms with Crippen LogP contribution in [0.15, 0.2) is 48.9 Å². The number of hydrogen-bond donors (Lipinski definition) is 2. The van der Waals surface area contributed by atoms with Crippen molar-refractivity contribution in [3.8, 4) is 34.4 Å². The van der Waals surface area contributed by atoms with E-state index in [1.807, 2.05) is 19.1 Å². The zero-order valence-electron chi connectivity index (χ0n) is 19.0. The number of benzene rings is 2. The van der Waals surface area contributed by atoms with Gasteiger partial charge in [0.15, 0.2) is 11.5 Å². The lowest BCUT2D eigenvalue weighted by molar-refractivity contribution is 0.345. The summed E-state index contributed by atoms with van der Waals surface area (Å²) in [5, 5.41) is 4.72. The number of hydrogen-bond acceptors (Lipinski definition) is 9. The largest absolute Gasteiger partial charge is 0.496 e. The van der Waals surface area contributed by atoms with Crippen molar-refractivity contribution in [1.29, 1.82) is 0 Å². The van der Waals surface area contributed by atoms with Crippen LogP contribution in [0.4, 0.5) is 11.5 Å². The Morgan fingerprint density at radius 1 is 1.03 bits per heavy atom. The molecule has 3 heterocycles. The third kappa shape index (κ3) is 4.31. The van der Waals surface area contributed by atoms with Crippen molar-refractivity contribution in [3.05, 3.63) is 54.5 Å². The van der Waals surface area contributed by atoms with Gasteiger partial charge in [-0.2, -0.15) is 5.10 Å². The zero-order valence-corrected chi connectivity index (χ0v) is 19.8. The molecule has 5 aromatic rings. The highest BCUT2D eigenvalue weighted by molar-refractivity contribution is 6.18. The first kappa shape index (κ1) is 22.5. The summed E-state index contributed by atoms with van der Waals surface area (Å²) < 4.78 is 19.1. The molecule has 11 heteroatoms. The van der Waals surface area contributed by atoms with E-state index in [9.17, 15) is 0 Å². The van der Waals surface area contributed by atoms with Crippen LogP contribution in [0.25, 0.3) is 27.9 Å². The second kappa shape index (κ2) is 9.15. The Balaban J connectivity index is 1.54. The van der Waals surface area contributed by atoms with E-state index in [2.05, 4.69) is 15.1 Å². The van der Waals surface area contributed by atoms with Gasteiger partial charge in [0, 0.05) is 29.8 Å².